The Morgan fingerprint density at radius 3 is 2.34 bits per heavy atom. The molecule has 0 radical (unpaired) electrons. The number of halogens is 1. The summed E-state index contributed by atoms with van der Waals surface area (Å²) in [6.45, 7) is 1.88. The van der Waals surface area contributed by atoms with Gasteiger partial charge in [0.05, 0.1) is 10.6 Å². The number of benzene rings is 3. The minimum atomic E-state index is -3.89. The highest BCUT2D eigenvalue weighted by Crippen LogP contribution is 2.33. The number of anilines is 1. The molecule has 0 unspecified atom stereocenters. The zero-order valence-electron chi connectivity index (χ0n) is 15.4. The Bertz CT molecular complexity index is 1310. The molecule has 4 aromatic rings. The van der Waals surface area contributed by atoms with E-state index in [4.69, 9.17) is 11.6 Å². The van der Waals surface area contributed by atoms with Crippen LogP contribution < -0.4 is 4.72 Å². The van der Waals surface area contributed by atoms with Gasteiger partial charge in [-0.25, -0.2) is 8.42 Å². The van der Waals surface area contributed by atoms with Crippen LogP contribution in [0.3, 0.4) is 0 Å². The van der Waals surface area contributed by atoms with Crippen molar-refractivity contribution in [3.05, 3.63) is 94.6 Å². The van der Waals surface area contributed by atoms with E-state index in [1.54, 1.807) is 54.6 Å². The van der Waals surface area contributed by atoms with E-state index in [0.29, 0.717) is 21.5 Å². The Morgan fingerprint density at radius 1 is 0.966 bits per heavy atom. The third-order valence-electron chi connectivity index (χ3n) is 4.59. The number of aryl methyl sites for hydroxylation is 1. The maximum absolute atomic E-state index is 13.1. The lowest BCUT2D eigenvalue weighted by Gasteiger charge is -2.10. The fraction of sp³-hybridized carbons (Fsp3) is 0.0455. The van der Waals surface area contributed by atoms with E-state index in [-0.39, 0.29) is 22.1 Å². The first-order valence-electron chi connectivity index (χ1n) is 8.85. The molecular weight excluding hydrogens is 408 g/mol. The Morgan fingerprint density at radius 2 is 1.66 bits per heavy atom. The summed E-state index contributed by atoms with van der Waals surface area (Å²) in [4.78, 5) is 16.2. The number of carbonyl (C=O) groups is 1. The first-order valence-corrected chi connectivity index (χ1v) is 10.7. The normalized spacial score (nSPS) is 11.5. The maximum atomic E-state index is 13.1. The van der Waals surface area contributed by atoms with Crippen LogP contribution in [0.15, 0.2) is 77.7 Å². The van der Waals surface area contributed by atoms with Crippen molar-refractivity contribution in [3.8, 4) is 0 Å². The van der Waals surface area contributed by atoms with E-state index >= 15 is 0 Å². The summed E-state index contributed by atoms with van der Waals surface area (Å²) in [7, 11) is -3.89. The van der Waals surface area contributed by atoms with Gasteiger partial charge in [-0.2, -0.15) is 0 Å². The number of fused-ring (bicyclic) bond motifs is 1. The molecule has 0 aliphatic heterocycles. The highest BCUT2D eigenvalue weighted by molar-refractivity contribution is 7.92. The molecule has 0 aliphatic rings. The second-order valence-electron chi connectivity index (χ2n) is 6.68. The van der Waals surface area contributed by atoms with Crippen LogP contribution in [-0.2, 0) is 10.0 Å². The smallest absolute Gasteiger partial charge is 0.261 e. The number of rotatable bonds is 5. The lowest BCUT2D eigenvalue weighted by atomic mass is 10.1. The number of nitrogens with one attached hydrogen (secondary N) is 2. The van der Waals surface area contributed by atoms with Crippen molar-refractivity contribution in [2.45, 2.75) is 11.8 Å². The number of ketones is 1. The van der Waals surface area contributed by atoms with Crippen LogP contribution in [-0.4, -0.2) is 19.2 Å². The van der Waals surface area contributed by atoms with Gasteiger partial charge in [-0.05, 0) is 37.3 Å². The summed E-state index contributed by atoms with van der Waals surface area (Å²) in [6, 6.07) is 20.2. The van der Waals surface area contributed by atoms with Crippen LogP contribution >= 0.6 is 11.6 Å². The van der Waals surface area contributed by atoms with Crippen LogP contribution in [0.2, 0.25) is 5.02 Å². The molecule has 0 bridgehead atoms. The average Bonchev–Trinajstić information content (AvgIpc) is 3.05. The van der Waals surface area contributed by atoms with Crippen molar-refractivity contribution < 1.29 is 13.2 Å². The average molecular weight is 425 g/mol. The fourth-order valence-electron chi connectivity index (χ4n) is 3.09. The Labute approximate surface area is 173 Å². The van der Waals surface area contributed by atoms with Crippen LogP contribution in [0.5, 0.6) is 0 Å². The van der Waals surface area contributed by atoms with E-state index in [1.165, 1.54) is 12.1 Å². The number of carbonyl (C=O) groups excluding carboxylic acids is 1. The number of H-pyrrole nitrogens is 1. The second kappa shape index (κ2) is 7.39. The minimum absolute atomic E-state index is 0.115. The molecule has 0 spiro atoms. The first-order chi connectivity index (χ1) is 13.8. The Balaban J connectivity index is 1.86. The summed E-state index contributed by atoms with van der Waals surface area (Å²) in [5, 5.41) is 1.04. The molecule has 0 fully saturated rings. The molecule has 0 amide bonds. The van der Waals surface area contributed by atoms with Crippen LogP contribution in [0.4, 0.5) is 5.69 Å². The summed E-state index contributed by atoms with van der Waals surface area (Å²) >= 11 is 6.08. The van der Waals surface area contributed by atoms with Gasteiger partial charge in [0.15, 0.2) is 0 Å². The minimum Gasteiger partial charge on any atom is -0.350 e. The highest BCUT2D eigenvalue weighted by atomic mass is 35.5. The maximum Gasteiger partial charge on any atom is 0.261 e. The van der Waals surface area contributed by atoms with Gasteiger partial charge in [0, 0.05) is 21.5 Å². The Kier molecular flexibility index (Phi) is 4.90. The van der Waals surface area contributed by atoms with Crippen LogP contribution in [0.25, 0.3) is 10.9 Å². The number of aromatic amines is 1. The zero-order valence-corrected chi connectivity index (χ0v) is 17.0. The molecule has 0 saturated heterocycles. The Hall–Kier alpha value is -3.09. The monoisotopic (exact) mass is 424 g/mol. The molecule has 1 aromatic heterocycles. The molecule has 146 valence electrons. The van der Waals surface area contributed by atoms with Crippen molar-refractivity contribution in [2.75, 3.05) is 4.72 Å². The summed E-state index contributed by atoms with van der Waals surface area (Å²) in [6.07, 6.45) is 0. The van der Waals surface area contributed by atoms with E-state index in [2.05, 4.69) is 9.71 Å². The van der Waals surface area contributed by atoms with Gasteiger partial charge in [-0.3, -0.25) is 9.52 Å². The zero-order chi connectivity index (χ0) is 20.6. The van der Waals surface area contributed by atoms with Gasteiger partial charge in [0.1, 0.15) is 5.69 Å². The molecule has 3 aromatic carbocycles. The van der Waals surface area contributed by atoms with Crippen LogP contribution in [0, 0.1) is 6.92 Å². The predicted molar refractivity (Wildman–Crippen MR) is 115 cm³/mol. The van der Waals surface area contributed by atoms with E-state index in [0.717, 1.165) is 5.56 Å². The lowest BCUT2D eigenvalue weighted by Crippen LogP contribution is -2.15. The van der Waals surface area contributed by atoms with Crippen molar-refractivity contribution >= 4 is 44.0 Å². The van der Waals surface area contributed by atoms with Crippen molar-refractivity contribution in [1.29, 1.82) is 0 Å². The van der Waals surface area contributed by atoms with Gasteiger partial charge < -0.3 is 4.98 Å². The molecule has 29 heavy (non-hydrogen) atoms. The summed E-state index contributed by atoms with van der Waals surface area (Å²) in [5.74, 6) is -0.320. The van der Waals surface area contributed by atoms with Gasteiger partial charge >= 0.3 is 0 Å². The van der Waals surface area contributed by atoms with Crippen molar-refractivity contribution in [2.24, 2.45) is 0 Å². The van der Waals surface area contributed by atoms with Gasteiger partial charge in [0.2, 0.25) is 5.78 Å². The van der Waals surface area contributed by atoms with Gasteiger partial charge in [-0.1, -0.05) is 59.6 Å². The molecule has 7 heteroatoms. The lowest BCUT2D eigenvalue weighted by molar-refractivity contribution is 0.103. The fourth-order valence-corrected chi connectivity index (χ4v) is 4.36. The molecule has 0 aliphatic carbocycles. The molecule has 4 rings (SSSR count). The summed E-state index contributed by atoms with van der Waals surface area (Å²) < 4.78 is 28.5. The standard InChI is InChI=1S/C22H17ClN2O3S/c1-14-7-10-17(11-8-14)29(27,28)25-20-18-12-9-16(23)13-19(18)24-21(20)22(26)15-5-3-2-4-6-15/h2-13,24-25H,1H3. The third-order valence-corrected chi connectivity index (χ3v) is 6.19. The molecule has 5 nitrogen and oxygen atoms in total. The SMILES string of the molecule is Cc1ccc(S(=O)(=O)Nc2c(C(=O)c3ccccc3)[nH]c3cc(Cl)ccc23)cc1. The quantitative estimate of drug-likeness (QED) is 0.434. The number of hydrogen-bond donors (Lipinski definition) is 2. The molecule has 1 heterocycles. The van der Waals surface area contributed by atoms with Crippen LogP contribution in [0.1, 0.15) is 21.6 Å². The van der Waals surface area contributed by atoms with Gasteiger partial charge in [-0.15, -0.1) is 0 Å². The molecule has 2 N–H and O–H groups in total. The predicted octanol–water partition coefficient (Wildman–Crippen LogP) is 5.16. The highest BCUT2D eigenvalue weighted by Gasteiger charge is 2.24. The third kappa shape index (κ3) is 3.77. The molecular formula is C22H17ClN2O3S. The van der Waals surface area contributed by atoms with E-state index in [1.807, 2.05) is 13.0 Å². The van der Waals surface area contributed by atoms with E-state index < -0.39 is 10.0 Å². The second-order valence-corrected chi connectivity index (χ2v) is 8.80. The first kappa shape index (κ1) is 19.2. The largest absolute Gasteiger partial charge is 0.350 e. The van der Waals surface area contributed by atoms with Crippen molar-refractivity contribution in [3.63, 3.8) is 0 Å². The van der Waals surface area contributed by atoms with Crippen molar-refractivity contribution in [1.82, 2.24) is 4.98 Å². The number of hydrogen-bond acceptors (Lipinski definition) is 3. The van der Waals surface area contributed by atoms with E-state index in [9.17, 15) is 13.2 Å². The van der Waals surface area contributed by atoms with Gasteiger partial charge in [0.25, 0.3) is 10.0 Å². The number of sulfonamides is 1. The number of aromatic nitrogens is 1. The molecule has 0 atom stereocenters. The topological polar surface area (TPSA) is 79.0 Å². The molecule has 0 saturated carbocycles. The summed E-state index contributed by atoms with van der Waals surface area (Å²) in [5.41, 5.74) is 2.32.